The first-order chi connectivity index (χ1) is 9.30. The van der Waals surface area contributed by atoms with E-state index < -0.39 is 18.6 Å². The van der Waals surface area contributed by atoms with Crippen molar-refractivity contribution in [2.45, 2.75) is 13.1 Å². The molecule has 0 heterocycles. The standard InChI is InChI=1S/C11H21F3N4O2/c1-4-15-10(16-5-6-20-3)17-7-9(19)18(2)8-11(12,13)14/h4-8H2,1-3H3,(H2,15,16,17). The molecule has 6 nitrogen and oxygen atoms in total. The highest BCUT2D eigenvalue weighted by Crippen LogP contribution is 2.15. The maximum absolute atomic E-state index is 12.1. The maximum Gasteiger partial charge on any atom is 0.406 e. The molecule has 0 aromatic heterocycles. The number of nitrogens with zero attached hydrogens (tertiary/aromatic N) is 2. The van der Waals surface area contributed by atoms with Crippen molar-refractivity contribution >= 4 is 11.9 Å². The van der Waals surface area contributed by atoms with Gasteiger partial charge in [0, 0.05) is 27.2 Å². The Kier molecular flexibility index (Phi) is 8.69. The zero-order valence-corrected chi connectivity index (χ0v) is 11.9. The largest absolute Gasteiger partial charge is 0.406 e. The van der Waals surface area contributed by atoms with Crippen molar-refractivity contribution in [2.24, 2.45) is 4.99 Å². The van der Waals surface area contributed by atoms with Crippen molar-refractivity contribution in [3.05, 3.63) is 0 Å². The molecule has 0 aliphatic rings. The number of guanidine groups is 1. The quantitative estimate of drug-likeness (QED) is 0.400. The van der Waals surface area contributed by atoms with Crippen molar-refractivity contribution < 1.29 is 22.7 Å². The Bertz CT molecular complexity index is 321. The Labute approximate surface area is 116 Å². The van der Waals surface area contributed by atoms with E-state index >= 15 is 0 Å². The van der Waals surface area contributed by atoms with E-state index in [9.17, 15) is 18.0 Å². The molecule has 0 aliphatic carbocycles. The van der Waals surface area contributed by atoms with E-state index in [4.69, 9.17) is 4.74 Å². The number of hydrogen-bond donors (Lipinski definition) is 2. The summed E-state index contributed by atoms with van der Waals surface area (Å²) in [5, 5.41) is 5.76. The molecule has 0 aliphatic heterocycles. The maximum atomic E-state index is 12.1. The highest BCUT2D eigenvalue weighted by molar-refractivity contribution is 5.84. The molecule has 9 heteroatoms. The predicted molar refractivity (Wildman–Crippen MR) is 69.5 cm³/mol. The molecule has 0 bridgehead atoms. The number of carbonyl (C=O) groups excluding carboxylic acids is 1. The van der Waals surface area contributed by atoms with Gasteiger partial charge in [-0.3, -0.25) is 4.79 Å². The Morgan fingerprint density at radius 2 is 2.00 bits per heavy atom. The van der Waals surface area contributed by atoms with Gasteiger partial charge in [0.15, 0.2) is 5.96 Å². The van der Waals surface area contributed by atoms with Crippen LogP contribution in [0.1, 0.15) is 6.92 Å². The van der Waals surface area contributed by atoms with Crippen molar-refractivity contribution in [2.75, 3.05) is 46.9 Å². The van der Waals surface area contributed by atoms with Gasteiger partial charge < -0.3 is 20.3 Å². The summed E-state index contributed by atoms with van der Waals surface area (Å²) in [7, 11) is 2.64. The molecule has 0 radical (unpaired) electrons. The molecule has 1 amide bonds. The third-order valence-corrected chi connectivity index (χ3v) is 2.16. The lowest BCUT2D eigenvalue weighted by molar-refractivity contribution is -0.157. The predicted octanol–water partition coefficient (Wildman–Crippen LogP) is 0.209. The van der Waals surface area contributed by atoms with Gasteiger partial charge in [-0.2, -0.15) is 13.2 Å². The van der Waals surface area contributed by atoms with Crippen molar-refractivity contribution in [1.29, 1.82) is 0 Å². The third kappa shape index (κ3) is 9.42. The summed E-state index contributed by atoms with van der Waals surface area (Å²) in [4.78, 5) is 16.0. The molecule has 0 spiro atoms. The van der Waals surface area contributed by atoms with Crippen LogP contribution in [-0.2, 0) is 9.53 Å². The molecule has 0 saturated carbocycles. The van der Waals surface area contributed by atoms with E-state index in [1.54, 1.807) is 7.11 Å². The van der Waals surface area contributed by atoms with Crippen molar-refractivity contribution in [3.8, 4) is 0 Å². The fraction of sp³-hybridized carbons (Fsp3) is 0.818. The lowest BCUT2D eigenvalue weighted by Gasteiger charge is -2.18. The van der Waals surface area contributed by atoms with Gasteiger partial charge in [0.25, 0.3) is 0 Å². The molecule has 118 valence electrons. The number of nitrogens with one attached hydrogen (secondary N) is 2. The second kappa shape index (κ2) is 9.40. The van der Waals surface area contributed by atoms with Crippen LogP contribution in [0, 0.1) is 0 Å². The van der Waals surface area contributed by atoms with E-state index in [1.807, 2.05) is 6.92 Å². The first kappa shape index (κ1) is 18.5. The van der Waals surface area contributed by atoms with Crippen LogP contribution in [0.2, 0.25) is 0 Å². The van der Waals surface area contributed by atoms with Gasteiger partial charge in [0.05, 0.1) is 6.61 Å². The van der Waals surface area contributed by atoms with Crippen LogP contribution in [0.5, 0.6) is 0 Å². The van der Waals surface area contributed by atoms with Gasteiger partial charge in [-0.25, -0.2) is 4.99 Å². The molecular formula is C11H21F3N4O2. The highest BCUT2D eigenvalue weighted by atomic mass is 19.4. The molecule has 0 aromatic carbocycles. The number of aliphatic imine (C=N–C) groups is 1. The number of methoxy groups -OCH3 is 1. The van der Waals surface area contributed by atoms with Crippen LogP contribution in [0.15, 0.2) is 4.99 Å². The molecule has 2 N–H and O–H groups in total. The van der Waals surface area contributed by atoms with Crippen LogP contribution in [0.25, 0.3) is 0 Å². The van der Waals surface area contributed by atoms with Crippen LogP contribution in [0.3, 0.4) is 0 Å². The zero-order chi connectivity index (χ0) is 15.6. The van der Waals surface area contributed by atoms with Gasteiger partial charge in [0.1, 0.15) is 13.1 Å². The number of ether oxygens (including phenoxy) is 1. The number of halogens is 3. The van der Waals surface area contributed by atoms with Gasteiger partial charge >= 0.3 is 6.18 Å². The molecule has 0 fully saturated rings. The normalized spacial score (nSPS) is 12.2. The summed E-state index contributed by atoms with van der Waals surface area (Å²) >= 11 is 0. The summed E-state index contributed by atoms with van der Waals surface area (Å²) in [6.07, 6.45) is -4.41. The van der Waals surface area contributed by atoms with Crippen LogP contribution in [-0.4, -0.2) is 69.9 Å². The SMILES string of the molecule is CCNC(=NCC(=O)N(C)CC(F)(F)F)NCCOC. The highest BCUT2D eigenvalue weighted by Gasteiger charge is 2.30. The van der Waals surface area contributed by atoms with Crippen molar-refractivity contribution in [3.63, 3.8) is 0 Å². The fourth-order valence-electron chi connectivity index (χ4n) is 1.24. The number of alkyl halides is 3. The number of amides is 1. The number of carbonyl (C=O) groups is 1. The monoisotopic (exact) mass is 298 g/mol. The molecule has 20 heavy (non-hydrogen) atoms. The van der Waals surface area contributed by atoms with Gasteiger partial charge in [-0.05, 0) is 6.92 Å². The number of rotatable bonds is 7. The summed E-state index contributed by atoms with van der Waals surface area (Å²) in [6.45, 7) is 1.71. The number of likely N-dealkylation sites (N-methyl/N-ethyl adjacent to an activating group) is 1. The van der Waals surface area contributed by atoms with E-state index in [1.165, 1.54) is 0 Å². The zero-order valence-electron chi connectivity index (χ0n) is 11.9. The summed E-state index contributed by atoms with van der Waals surface area (Å²) in [5.41, 5.74) is 0. The Balaban J connectivity index is 4.33. The lowest BCUT2D eigenvalue weighted by atomic mass is 10.5. The Hall–Kier alpha value is -1.51. The molecule has 0 atom stereocenters. The number of hydrogen-bond acceptors (Lipinski definition) is 3. The van der Waals surface area contributed by atoms with Crippen LogP contribution < -0.4 is 10.6 Å². The minimum Gasteiger partial charge on any atom is -0.383 e. The van der Waals surface area contributed by atoms with E-state index in [0.717, 1.165) is 7.05 Å². The van der Waals surface area contributed by atoms with Crippen molar-refractivity contribution in [1.82, 2.24) is 15.5 Å². The second-order valence-electron chi connectivity index (χ2n) is 3.98. The molecule has 0 rings (SSSR count). The molecule has 0 unspecified atom stereocenters. The Morgan fingerprint density at radius 3 is 2.50 bits per heavy atom. The summed E-state index contributed by atoms with van der Waals surface area (Å²) < 4.78 is 41.2. The van der Waals surface area contributed by atoms with Gasteiger partial charge in [0.2, 0.25) is 5.91 Å². The van der Waals surface area contributed by atoms with E-state index in [-0.39, 0.29) is 6.54 Å². The Morgan fingerprint density at radius 1 is 1.35 bits per heavy atom. The average molecular weight is 298 g/mol. The first-order valence-corrected chi connectivity index (χ1v) is 6.12. The topological polar surface area (TPSA) is 66.0 Å². The molecule has 0 aromatic rings. The van der Waals surface area contributed by atoms with Gasteiger partial charge in [-0.15, -0.1) is 0 Å². The molecular weight excluding hydrogens is 277 g/mol. The smallest absolute Gasteiger partial charge is 0.383 e. The molecule has 0 saturated heterocycles. The lowest BCUT2D eigenvalue weighted by Crippen LogP contribution is -2.41. The minimum atomic E-state index is -4.41. The van der Waals surface area contributed by atoms with E-state index in [0.29, 0.717) is 30.6 Å². The van der Waals surface area contributed by atoms with Gasteiger partial charge in [-0.1, -0.05) is 0 Å². The second-order valence-corrected chi connectivity index (χ2v) is 3.98. The minimum absolute atomic E-state index is 0.352. The van der Waals surface area contributed by atoms with E-state index in [2.05, 4.69) is 15.6 Å². The summed E-state index contributed by atoms with van der Waals surface area (Å²) in [6, 6.07) is 0. The summed E-state index contributed by atoms with van der Waals surface area (Å²) in [5.74, 6) is -0.343. The fourth-order valence-corrected chi connectivity index (χ4v) is 1.24. The first-order valence-electron chi connectivity index (χ1n) is 6.12. The average Bonchev–Trinajstić information content (AvgIpc) is 2.33. The van der Waals surface area contributed by atoms with Crippen LogP contribution >= 0.6 is 0 Å². The van der Waals surface area contributed by atoms with Crippen LogP contribution in [0.4, 0.5) is 13.2 Å². The third-order valence-electron chi connectivity index (χ3n) is 2.16.